The summed E-state index contributed by atoms with van der Waals surface area (Å²) in [5.41, 5.74) is -0.0675. The van der Waals surface area contributed by atoms with Gasteiger partial charge in [0.15, 0.2) is 18.5 Å². The summed E-state index contributed by atoms with van der Waals surface area (Å²) >= 11 is 0. The predicted molar refractivity (Wildman–Crippen MR) is 112 cm³/mol. The third-order valence-electron chi connectivity index (χ3n) is 4.88. The van der Waals surface area contributed by atoms with Gasteiger partial charge in [0, 0.05) is 6.42 Å². The molecule has 0 saturated carbocycles. The second kappa shape index (κ2) is 11.5. The first-order valence-electron chi connectivity index (χ1n) is 10.5. The van der Waals surface area contributed by atoms with Crippen LogP contribution in [0, 0.1) is 5.41 Å². The smallest absolute Gasteiger partial charge is 0.311 e. The van der Waals surface area contributed by atoms with Gasteiger partial charge in [0.2, 0.25) is 0 Å². The maximum Gasteiger partial charge on any atom is 0.311 e. The summed E-state index contributed by atoms with van der Waals surface area (Å²) in [7, 11) is 0. The fraction of sp³-hybridized carbons (Fsp3) is 0.609. The van der Waals surface area contributed by atoms with Crippen molar-refractivity contribution in [1.82, 2.24) is 0 Å². The summed E-state index contributed by atoms with van der Waals surface area (Å²) in [6.07, 6.45) is -6.49. The van der Waals surface area contributed by atoms with E-state index in [1.165, 1.54) is 6.92 Å². The number of Topliss-reactive ketones (excluding diaryl/α,β-unsaturated/α-hetero) is 1. The summed E-state index contributed by atoms with van der Waals surface area (Å²) < 4.78 is 22.3. The first kappa shape index (κ1) is 25.9. The fourth-order valence-electron chi connectivity index (χ4n) is 3.06. The van der Waals surface area contributed by atoms with Crippen molar-refractivity contribution in [2.45, 2.75) is 77.8 Å². The Kier molecular flexibility index (Phi) is 9.33. The quantitative estimate of drug-likeness (QED) is 0.536. The molecule has 1 heterocycles. The van der Waals surface area contributed by atoms with E-state index in [1.54, 1.807) is 20.8 Å². The van der Waals surface area contributed by atoms with Crippen LogP contribution in [0.4, 0.5) is 0 Å². The van der Waals surface area contributed by atoms with E-state index in [4.69, 9.17) is 18.9 Å². The highest BCUT2D eigenvalue weighted by Crippen LogP contribution is 2.30. The predicted octanol–water partition coefficient (Wildman–Crippen LogP) is 1.52. The van der Waals surface area contributed by atoms with Crippen LogP contribution >= 0.6 is 0 Å². The standard InChI is InChI=1S/C23H32O9/c1-14(25)10-11-17(26)31-18-16(12-24)30-21(27)20(32-22(28)23(2,3)4)19(18)29-13-15-8-6-5-7-9-15/h5-9,16,18-21,24,27H,10-13H2,1-4H3/t16-,18-,19+,20-,21-/m1/s1. The largest absolute Gasteiger partial charge is 0.457 e. The van der Waals surface area contributed by atoms with Crippen LogP contribution in [-0.2, 0) is 39.9 Å². The Balaban J connectivity index is 2.29. The Labute approximate surface area is 187 Å². The highest BCUT2D eigenvalue weighted by atomic mass is 16.7. The molecule has 5 atom stereocenters. The average Bonchev–Trinajstić information content (AvgIpc) is 2.73. The zero-order chi connectivity index (χ0) is 23.9. The Morgan fingerprint density at radius 1 is 1.00 bits per heavy atom. The SMILES string of the molecule is CC(=O)CCC(=O)O[C@H]1[C@H](OCc2ccccc2)[C@@H](OC(=O)C(C)(C)C)[C@H](O)O[C@@H]1CO. The van der Waals surface area contributed by atoms with Crippen LogP contribution in [0.5, 0.6) is 0 Å². The van der Waals surface area contributed by atoms with Gasteiger partial charge < -0.3 is 34.0 Å². The molecular formula is C23H32O9. The Bertz CT molecular complexity index is 771. The molecule has 0 aromatic heterocycles. The van der Waals surface area contributed by atoms with E-state index in [0.29, 0.717) is 0 Å². The van der Waals surface area contributed by atoms with Crippen LogP contribution in [0.25, 0.3) is 0 Å². The third kappa shape index (κ3) is 7.37. The van der Waals surface area contributed by atoms with Crippen molar-refractivity contribution in [3.05, 3.63) is 35.9 Å². The van der Waals surface area contributed by atoms with E-state index in [9.17, 15) is 24.6 Å². The van der Waals surface area contributed by atoms with Gasteiger partial charge in [0.25, 0.3) is 0 Å². The number of carbonyl (C=O) groups is 3. The molecule has 1 aromatic carbocycles. The number of benzene rings is 1. The molecule has 9 nitrogen and oxygen atoms in total. The Morgan fingerprint density at radius 3 is 2.22 bits per heavy atom. The molecule has 1 fully saturated rings. The topological polar surface area (TPSA) is 129 Å². The molecule has 1 aliphatic heterocycles. The Morgan fingerprint density at radius 2 is 1.66 bits per heavy atom. The number of aliphatic hydroxyl groups excluding tert-OH is 2. The minimum absolute atomic E-state index is 0.00317. The first-order chi connectivity index (χ1) is 15.0. The fourth-order valence-corrected chi connectivity index (χ4v) is 3.06. The van der Waals surface area contributed by atoms with Crippen molar-refractivity contribution in [2.75, 3.05) is 6.61 Å². The lowest BCUT2D eigenvalue weighted by molar-refractivity contribution is -0.303. The van der Waals surface area contributed by atoms with Gasteiger partial charge in [-0.05, 0) is 33.3 Å². The molecule has 9 heteroatoms. The van der Waals surface area contributed by atoms with Crippen LogP contribution in [0.15, 0.2) is 30.3 Å². The molecular weight excluding hydrogens is 420 g/mol. The molecule has 1 aromatic rings. The molecule has 0 unspecified atom stereocenters. The molecule has 0 spiro atoms. The molecule has 178 valence electrons. The van der Waals surface area contributed by atoms with Gasteiger partial charge in [-0.25, -0.2) is 0 Å². The average molecular weight is 453 g/mol. The van der Waals surface area contributed by atoms with E-state index in [-0.39, 0.29) is 25.2 Å². The van der Waals surface area contributed by atoms with Crippen molar-refractivity contribution in [2.24, 2.45) is 5.41 Å². The van der Waals surface area contributed by atoms with Crippen LogP contribution in [0.1, 0.15) is 46.1 Å². The molecule has 2 N–H and O–H groups in total. The molecule has 0 aliphatic carbocycles. The van der Waals surface area contributed by atoms with Crippen LogP contribution in [0.3, 0.4) is 0 Å². The summed E-state index contributed by atoms with van der Waals surface area (Å²) in [4.78, 5) is 36.1. The summed E-state index contributed by atoms with van der Waals surface area (Å²) in [6, 6.07) is 9.14. The van der Waals surface area contributed by atoms with Crippen LogP contribution < -0.4 is 0 Å². The van der Waals surface area contributed by atoms with Gasteiger partial charge in [-0.1, -0.05) is 30.3 Å². The van der Waals surface area contributed by atoms with Crippen LogP contribution in [0.2, 0.25) is 0 Å². The molecule has 1 saturated heterocycles. The van der Waals surface area contributed by atoms with Crippen molar-refractivity contribution in [3.63, 3.8) is 0 Å². The maximum absolute atomic E-state index is 12.5. The Hall–Kier alpha value is -2.33. The lowest BCUT2D eigenvalue weighted by atomic mass is 9.95. The number of hydrogen-bond donors (Lipinski definition) is 2. The zero-order valence-corrected chi connectivity index (χ0v) is 18.9. The van der Waals surface area contributed by atoms with Gasteiger partial charge >= 0.3 is 11.9 Å². The third-order valence-corrected chi connectivity index (χ3v) is 4.88. The minimum Gasteiger partial charge on any atom is -0.457 e. The van der Waals surface area contributed by atoms with Gasteiger partial charge in [0.05, 0.1) is 25.0 Å². The molecule has 1 aliphatic rings. The van der Waals surface area contributed by atoms with Gasteiger partial charge in [-0.2, -0.15) is 0 Å². The van der Waals surface area contributed by atoms with E-state index < -0.39 is 54.7 Å². The van der Waals surface area contributed by atoms with E-state index in [1.807, 2.05) is 30.3 Å². The first-order valence-corrected chi connectivity index (χ1v) is 10.5. The number of aliphatic hydroxyl groups is 2. The maximum atomic E-state index is 12.5. The van der Waals surface area contributed by atoms with E-state index in [2.05, 4.69) is 0 Å². The summed E-state index contributed by atoms with van der Waals surface area (Å²) in [5, 5.41) is 20.3. The number of ether oxygens (including phenoxy) is 4. The number of ketones is 1. The number of hydrogen-bond acceptors (Lipinski definition) is 9. The van der Waals surface area contributed by atoms with Crippen molar-refractivity contribution in [1.29, 1.82) is 0 Å². The van der Waals surface area contributed by atoms with E-state index >= 15 is 0 Å². The van der Waals surface area contributed by atoms with Crippen molar-refractivity contribution in [3.8, 4) is 0 Å². The summed E-state index contributed by atoms with van der Waals surface area (Å²) in [6.45, 7) is 5.81. The van der Waals surface area contributed by atoms with E-state index in [0.717, 1.165) is 5.56 Å². The number of rotatable bonds is 9. The van der Waals surface area contributed by atoms with Gasteiger partial charge in [0.1, 0.15) is 18.0 Å². The highest BCUT2D eigenvalue weighted by molar-refractivity contribution is 5.81. The van der Waals surface area contributed by atoms with Crippen LogP contribution in [-0.4, -0.2) is 65.2 Å². The summed E-state index contributed by atoms with van der Waals surface area (Å²) in [5.74, 6) is -1.48. The highest BCUT2D eigenvalue weighted by Gasteiger charge is 2.51. The molecule has 0 bridgehead atoms. The monoisotopic (exact) mass is 452 g/mol. The lowest BCUT2D eigenvalue weighted by Crippen LogP contribution is -2.62. The minimum atomic E-state index is -1.61. The molecule has 0 amide bonds. The zero-order valence-electron chi connectivity index (χ0n) is 18.9. The molecule has 32 heavy (non-hydrogen) atoms. The second-order valence-corrected chi connectivity index (χ2v) is 8.79. The lowest BCUT2D eigenvalue weighted by Gasteiger charge is -2.43. The van der Waals surface area contributed by atoms with Crippen molar-refractivity contribution >= 4 is 17.7 Å². The van der Waals surface area contributed by atoms with Crippen molar-refractivity contribution < 1.29 is 43.5 Å². The van der Waals surface area contributed by atoms with Gasteiger partial charge in [-0.15, -0.1) is 0 Å². The number of esters is 2. The second-order valence-electron chi connectivity index (χ2n) is 8.79. The number of carbonyl (C=O) groups excluding carboxylic acids is 3. The molecule has 0 radical (unpaired) electrons. The normalized spacial score (nSPS) is 25.8. The van der Waals surface area contributed by atoms with Gasteiger partial charge in [-0.3, -0.25) is 9.59 Å². The molecule has 2 rings (SSSR count).